The second-order valence-electron chi connectivity index (χ2n) is 9.87. The molecule has 1 nitrogen and oxygen atoms in total. The van der Waals surface area contributed by atoms with E-state index >= 15 is 0 Å². The highest BCUT2D eigenvalue weighted by atomic mass is 31.1. The van der Waals surface area contributed by atoms with Gasteiger partial charge in [0.1, 0.15) is 0 Å². The molecule has 6 rings (SSSR count). The lowest BCUT2D eigenvalue weighted by molar-refractivity contribution is -0.414. The Balaban J connectivity index is 0.000000540. The minimum absolute atomic E-state index is 0.324. The summed E-state index contributed by atoms with van der Waals surface area (Å²) in [5.74, 6) is 0. The molecule has 1 heterocycles. The maximum Gasteiger partial charge on any atom is 0.673 e. The monoisotopic (exact) mass is 533 g/mol. The van der Waals surface area contributed by atoms with E-state index in [-0.39, 0.29) is 7.92 Å². The normalized spacial score (nSPS) is 15.1. The second-order valence-corrected chi connectivity index (χ2v) is 12.2. The quantitative estimate of drug-likeness (QED) is 0.136. The molecule has 0 saturated heterocycles. The first kappa shape index (κ1) is 26.4. The molecule has 7 heteroatoms. The van der Waals surface area contributed by atoms with Gasteiger partial charge >= 0.3 is 7.25 Å². The van der Waals surface area contributed by atoms with Crippen molar-refractivity contribution in [2.45, 2.75) is 30.9 Å². The molecule has 194 valence electrons. The van der Waals surface area contributed by atoms with E-state index < -0.39 is 7.25 Å². The lowest BCUT2D eigenvalue weighted by Crippen LogP contribution is -2.61. The van der Waals surface area contributed by atoms with E-state index in [2.05, 4.69) is 116 Å². The average Bonchev–Trinajstić information content (AvgIpc) is 3.05. The van der Waals surface area contributed by atoms with Gasteiger partial charge in [0.2, 0.25) is 0 Å². The van der Waals surface area contributed by atoms with Gasteiger partial charge in [0.15, 0.2) is 0 Å². The first-order valence-corrected chi connectivity index (χ1v) is 14.5. The number of hydrogen-bond donors (Lipinski definition) is 1. The van der Waals surface area contributed by atoms with E-state index in [1.54, 1.807) is 0 Å². The molecule has 5 aromatic carbocycles. The first-order valence-electron chi connectivity index (χ1n) is 12.7. The van der Waals surface area contributed by atoms with E-state index in [1.807, 2.05) is 0 Å². The molecule has 0 radical (unpaired) electrons. The third kappa shape index (κ3) is 5.62. The molecule has 1 aliphatic rings. The predicted molar refractivity (Wildman–Crippen MR) is 153 cm³/mol. The first-order chi connectivity index (χ1) is 18.2. The molecule has 38 heavy (non-hydrogen) atoms. The predicted octanol–water partition coefficient (Wildman–Crippen LogP) is 8.83. The molecule has 0 aromatic heterocycles. The Bertz CT molecular complexity index is 1480. The zero-order valence-corrected chi connectivity index (χ0v) is 22.0. The maximum absolute atomic E-state index is 9.75. The summed E-state index contributed by atoms with van der Waals surface area (Å²) in [6.45, 7) is 2.30. The topological polar surface area (TPSA) is 27.6 Å². The van der Waals surface area contributed by atoms with Gasteiger partial charge in [-0.25, -0.2) is 0 Å². The van der Waals surface area contributed by atoms with Gasteiger partial charge in [-0.2, -0.15) is 0 Å². The summed E-state index contributed by atoms with van der Waals surface area (Å²) in [5, 5.41) is 5.41. The molecule has 1 aliphatic heterocycles. The SMILES string of the molecule is C[C@H]([NH3+])[C@H](c1ccccc1)P1Cc2ccc3ccccc3c2-c2c(ccc3ccccc23)C1.F[B-](F)(F)F. The fourth-order valence-electron chi connectivity index (χ4n) is 5.73. The van der Waals surface area contributed by atoms with Gasteiger partial charge in [-0.05, 0) is 68.6 Å². The zero-order valence-electron chi connectivity index (χ0n) is 21.1. The Labute approximate surface area is 221 Å². The van der Waals surface area contributed by atoms with Gasteiger partial charge in [-0.1, -0.05) is 111 Å². The van der Waals surface area contributed by atoms with Crippen molar-refractivity contribution in [1.29, 1.82) is 0 Å². The Morgan fingerprint density at radius 3 is 1.50 bits per heavy atom. The fraction of sp³-hybridized carbons (Fsp3) is 0.161. The van der Waals surface area contributed by atoms with Gasteiger partial charge in [0, 0.05) is 0 Å². The number of halogens is 4. The zero-order chi connectivity index (χ0) is 26.9. The molecular weight excluding hydrogens is 504 g/mol. The van der Waals surface area contributed by atoms with Crippen LogP contribution in [0.4, 0.5) is 17.3 Å². The van der Waals surface area contributed by atoms with Crippen molar-refractivity contribution in [3.8, 4) is 11.1 Å². The molecule has 0 saturated carbocycles. The number of rotatable bonds is 3. The summed E-state index contributed by atoms with van der Waals surface area (Å²) in [7, 11) is -6.32. The minimum atomic E-state index is -6.00. The van der Waals surface area contributed by atoms with Crippen LogP contribution in [-0.4, -0.2) is 13.3 Å². The van der Waals surface area contributed by atoms with Gasteiger partial charge in [-0.3, -0.25) is 0 Å². The number of fused-ring (bicyclic) bond motifs is 7. The van der Waals surface area contributed by atoms with E-state index in [0.29, 0.717) is 11.7 Å². The lowest BCUT2D eigenvalue weighted by Gasteiger charge is -2.29. The van der Waals surface area contributed by atoms with Gasteiger partial charge in [0.05, 0.1) is 11.7 Å². The summed E-state index contributed by atoms with van der Waals surface area (Å²) < 4.78 is 39.0. The standard InChI is InChI=1S/C31H28NP.BF4/c1-21(32)31(24-11-3-2-4-12-24)33-19-25-17-15-22-9-5-7-13-27(22)29(25)30-26(20-33)18-16-23-10-6-8-14-28(23)30;2-1(3,4)5/h2-18,21,31H,19-20,32H2,1H3;/q;-1/p+1/t21-,31+;/m0./s1. The third-order valence-electron chi connectivity index (χ3n) is 7.10. The molecule has 0 bridgehead atoms. The maximum atomic E-state index is 9.75. The summed E-state index contributed by atoms with van der Waals surface area (Å²) in [6, 6.07) is 38.7. The van der Waals surface area contributed by atoms with E-state index in [1.165, 1.54) is 49.4 Å². The van der Waals surface area contributed by atoms with Crippen LogP contribution in [0.2, 0.25) is 0 Å². The van der Waals surface area contributed by atoms with E-state index in [4.69, 9.17) is 0 Å². The molecule has 0 amide bonds. The van der Waals surface area contributed by atoms with Crippen LogP contribution >= 0.6 is 7.92 Å². The molecule has 0 unspecified atom stereocenters. The number of quaternary nitrogens is 1. The molecule has 0 spiro atoms. The summed E-state index contributed by atoms with van der Waals surface area (Å²) in [6.07, 6.45) is 2.27. The number of benzene rings is 5. The van der Waals surface area contributed by atoms with Crippen molar-refractivity contribution in [3.05, 3.63) is 120 Å². The van der Waals surface area contributed by atoms with Crippen molar-refractivity contribution < 1.29 is 23.0 Å². The molecule has 5 aromatic rings. The van der Waals surface area contributed by atoms with Crippen molar-refractivity contribution >= 4 is 36.7 Å². The fourth-order valence-corrected chi connectivity index (χ4v) is 8.95. The number of hydrogen-bond acceptors (Lipinski definition) is 0. The van der Waals surface area contributed by atoms with Crippen LogP contribution in [0.3, 0.4) is 0 Å². The van der Waals surface area contributed by atoms with Crippen LogP contribution < -0.4 is 5.73 Å². The minimum Gasteiger partial charge on any atom is -0.418 e. The molecule has 0 aliphatic carbocycles. The van der Waals surface area contributed by atoms with Gasteiger partial charge in [-0.15, -0.1) is 0 Å². The molecule has 2 atom stereocenters. The van der Waals surface area contributed by atoms with Crippen LogP contribution in [0.15, 0.2) is 103 Å². The van der Waals surface area contributed by atoms with Crippen molar-refractivity contribution in [1.82, 2.24) is 0 Å². The summed E-state index contributed by atoms with van der Waals surface area (Å²) in [4.78, 5) is 0. The average molecular weight is 533 g/mol. The van der Waals surface area contributed by atoms with Crippen molar-refractivity contribution in [3.63, 3.8) is 0 Å². The van der Waals surface area contributed by atoms with Crippen LogP contribution in [0, 0.1) is 0 Å². The van der Waals surface area contributed by atoms with Crippen LogP contribution in [0.5, 0.6) is 0 Å². The van der Waals surface area contributed by atoms with Crippen molar-refractivity contribution in [2.24, 2.45) is 0 Å². The van der Waals surface area contributed by atoms with Gasteiger partial charge < -0.3 is 23.0 Å². The molecule has 0 fully saturated rings. The molecule has 3 N–H and O–H groups in total. The summed E-state index contributed by atoms with van der Waals surface area (Å²) >= 11 is 0. The van der Waals surface area contributed by atoms with E-state index in [9.17, 15) is 17.3 Å². The van der Waals surface area contributed by atoms with E-state index in [0.717, 1.165) is 12.3 Å². The van der Waals surface area contributed by atoms with Crippen molar-refractivity contribution in [2.75, 3.05) is 0 Å². The largest absolute Gasteiger partial charge is 0.673 e. The third-order valence-corrected chi connectivity index (χ3v) is 10.2. The van der Waals surface area contributed by atoms with Crippen LogP contribution in [0.25, 0.3) is 32.7 Å². The highest BCUT2D eigenvalue weighted by Gasteiger charge is 2.33. The van der Waals surface area contributed by atoms with Crippen LogP contribution in [-0.2, 0) is 12.3 Å². The Kier molecular flexibility index (Phi) is 7.56. The summed E-state index contributed by atoms with van der Waals surface area (Å²) in [5.41, 5.74) is 12.4. The Morgan fingerprint density at radius 2 is 1.05 bits per heavy atom. The lowest BCUT2D eigenvalue weighted by atomic mass is 9.88. The highest BCUT2D eigenvalue weighted by molar-refractivity contribution is 7.56. The van der Waals surface area contributed by atoms with Gasteiger partial charge in [0.25, 0.3) is 0 Å². The Hall–Kier alpha value is -3.21. The second kappa shape index (κ2) is 10.9. The van der Waals surface area contributed by atoms with Crippen LogP contribution in [0.1, 0.15) is 29.3 Å². The highest BCUT2D eigenvalue weighted by Crippen LogP contribution is 2.61. The molecular formula is C31H29BF4NP. The smallest absolute Gasteiger partial charge is 0.418 e. The Morgan fingerprint density at radius 1 is 0.632 bits per heavy atom.